The molecule has 134 valence electrons. The summed E-state index contributed by atoms with van der Waals surface area (Å²) in [6.45, 7) is 4.00. The Hall–Kier alpha value is -2.35. The van der Waals surface area contributed by atoms with Gasteiger partial charge in [0, 0.05) is 18.3 Å². The van der Waals surface area contributed by atoms with Gasteiger partial charge in [0.15, 0.2) is 0 Å². The van der Waals surface area contributed by atoms with Gasteiger partial charge in [-0.25, -0.2) is 9.97 Å². The first-order valence-corrected chi connectivity index (χ1v) is 7.86. The van der Waals surface area contributed by atoms with E-state index in [1.54, 1.807) is 6.92 Å². The van der Waals surface area contributed by atoms with E-state index in [2.05, 4.69) is 20.6 Å². The Morgan fingerprint density at radius 3 is 2.60 bits per heavy atom. The van der Waals surface area contributed by atoms with Crippen molar-refractivity contribution in [2.24, 2.45) is 0 Å². The molecule has 0 saturated carbocycles. The van der Waals surface area contributed by atoms with Crippen molar-refractivity contribution in [3.8, 4) is 0 Å². The number of nitrogens with zero attached hydrogens (tertiary/aromatic N) is 2. The molecule has 0 spiro atoms. The molecule has 0 radical (unpaired) electrons. The summed E-state index contributed by atoms with van der Waals surface area (Å²) < 4.78 is 38.8. The zero-order chi connectivity index (χ0) is 18.6. The molecule has 25 heavy (non-hydrogen) atoms. The molecule has 2 rings (SSSR count). The fourth-order valence-electron chi connectivity index (χ4n) is 2.05. The molecule has 0 atom stereocenters. The van der Waals surface area contributed by atoms with E-state index in [4.69, 9.17) is 11.6 Å². The number of alkyl halides is 3. The van der Waals surface area contributed by atoms with Crippen molar-refractivity contribution in [1.82, 2.24) is 15.3 Å². The van der Waals surface area contributed by atoms with Crippen molar-refractivity contribution in [2.75, 3.05) is 11.9 Å². The Bertz CT molecular complexity index is 780. The lowest BCUT2D eigenvalue weighted by atomic mass is 10.2. The van der Waals surface area contributed by atoms with Crippen LogP contribution in [-0.2, 0) is 6.18 Å². The highest BCUT2D eigenvalue weighted by Gasteiger charge is 2.33. The van der Waals surface area contributed by atoms with Crippen LogP contribution in [0.25, 0.3) is 0 Å². The molecule has 0 bridgehead atoms. The fraction of sp³-hybridized carbons (Fsp3) is 0.312. The van der Waals surface area contributed by atoms with Gasteiger partial charge in [0.25, 0.3) is 5.91 Å². The van der Waals surface area contributed by atoms with Crippen molar-refractivity contribution in [1.29, 1.82) is 0 Å². The van der Waals surface area contributed by atoms with Gasteiger partial charge in [-0.2, -0.15) is 13.2 Å². The Kier molecular flexibility index (Phi) is 5.84. The predicted molar refractivity (Wildman–Crippen MR) is 89.1 cm³/mol. The van der Waals surface area contributed by atoms with Gasteiger partial charge in [0.2, 0.25) is 0 Å². The lowest BCUT2D eigenvalue weighted by molar-refractivity contribution is -0.137. The number of aryl methyl sites for hydroxylation is 1. The molecule has 1 aromatic heterocycles. The van der Waals surface area contributed by atoms with Crippen LogP contribution in [0.5, 0.6) is 0 Å². The normalized spacial score (nSPS) is 11.3. The van der Waals surface area contributed by atoms with E-state index in [1.807, 2.05) is 6.92 Å². The molecule has 2 N–H and O–H groups in total. The van der Waals surface area contributed by atoms with E-state index in [9.17, 15) is 18.0 Å². The molecule has 1 heterocycles. The van der Waals surface area contributed by atoms with Crippen LogP contribution in [0.4, 0.5) is 24.7 Å². The van der Waals surface area contributed by atoms with Gasteiger partial charge < -0.3 is 10.6 Å². The number of halogens is 4. The van der Waals surface area contributed by atoms with Gasteiger partial charge >= 0.3 is 6.18 Å². The topological polar surface area (TPSA) is 66.9 Å². The van der Waals surface area contributed by atoms with E-state index in [1.165, 1.54) is 12.1 Å². The molecule has 0 unspecified atom stereocenters. The third kappa shape index (κ3) is 5.06. The summed E-state index contributed by atoms with van der Waals surface area (Å²) in [5, 5.41) is 5.03. The van der Waals surface area contributed by atoms with Gasteiger partial charge in [-0.1, -0.05) is 18.5 Å². The second kappa shape index (κ2) is 7.69. The third-order valence-electron chi connectivity index (χ3n) is 3.15. The summed E-state index contributed by atoms with van der Waals surface area (Å²) in [5.74, 6) is 0.156. The number of anilines is 2. The number of benzene rings is 1. The maximum Gasteiger partial charge on any atom is 0.417 e. The standard InChI is InChI=1S/C16H16ClF3N4O/c1-3-6-21-15(25)13-8-14(23-9(2)22-13)24-10-4-5-12(17)11(7-10)16(18,19)20/h4-5,7-8H,3,6H2,1-2H3,(H,21,25)(H,22,23,24). The van der Waals surface area contributed by atoms with E-state index in [0.29, 0.717) is 12.4 Å². The summed E-state index contributed by atoms with van der Waals surface area (Å²) in [4.78, 5) is 20.1. The molecule has 0 aliphatic carbocycles. The first-order chi connectivity index (χ1) is 11.7. The Balaban J connectivity index is 2.29. The van der Waals surface area contributed by atoms with Crippen LogP contribution in [0.3, 0.4) is 0 Å². The van der Waals surface area contributed by atoms with Gasteiger partial charge in [0.1, 0.15) is 17.3 Å². The predicted octanol–water partition coefficient (Wildman–Crippen LogP) is 4.34. The number of carbonyl (C=O) groups is 1. The van der Waals surface area contributed by atoms with Crippen molar-refractivity contribution >= 4 is 29.0 Å². The minimum Gasteiger partial charge on any atom is -0.351 e. The van der Waals surface area contributed by atoms with Crippen LogP contribution < -0.4 is 10.6 Å². The molecule has 1 aromatic carbocycles. The molecule has 5 nitrogen and oxygen atoms in total. The van der Waals surface area contributed by atoms with Gasteiger partial charge in [-0.15, -0.1) is 0 Å². The largest absolute Gasteiger partial charge is 0.417 e. The highest BCUT2D eigenvalue weighted by atomic mass is 35.5. The quantitative estimate of drug-likeness (QED) is 0.819. The molecule has 9 heteroatoms. The first kappa shape index (κ1) is 19.0. The van der Waals surface area contributed by atoms with Gasteiger partial charge in [-0.3, -0.25) is 4.79 Å². The summed E-state index contributed by atoms with van der Waals surface area (Å²) >= 11 is 5.60. The van der Waals surface area contributed by atoms with Crippen LogP contribution in [0.1, 0.15) is 35.2 Å². The Morgan fingerprint density at radius 2 is 1.96 bits per heavy atom. The van der Waals surface area contributed by atoms with Crippen molar-refractivity contribution in [3.05, 3.63) is 46.4 Å². The van der Waals surface area contributed by atoms with Gasteiger partial charge in [-0.05, 0) is 31.5 Å². The number of aromatic nitrogens is 2. The van der Waals surface area contributed by atoms with E-state index in [-0.39, 0.29) is 23.1 Å². The number of rotatable bonds is 5. The summed E-state index contributed by atoms with van der Waals surface area (Å²) in [5.41, 5.74) is -0.672. The molecule has 1 amide bonds. The zero-order valence-electron chi connectivity index (χ0n) is 13.5. The average Bonchev–Trinajstić information content (AvgIpc) is 2.52. The minimum absolute atomic E-state index is 0.133. The first-order valence-electron chi connectivity index (χ1n) is 7.48. The molecular weight excluding hydrogens is 357 g/mol. The molecular formula is C16H16ClF3N4O. The monoisotopic (exact) mass is 372 g/mol. The SMILES string of the molecule is CCCNC(=O)c1cc(Nc2ccc(Cl)c(C(F)(F)F)c2)nc(C)n1. The number of nitrogens with one attached hydrogen (secondary N) is 2. The van der Waals surface area contributed by atoms with Crippen LogP contribution in [0.15, 0.2) is 24.3 Å². The van der Waals surface area contributed by atoms with Gasteiger partial charge in [0.05, 0.1) is 10.6 Å². The third-order valence-corrected chi connectivity index (χ3v) is 3.48. The molecule has 0 saturated heterocycles. The van der Waals surface area contributed by atoms with Crippen molar-refractivity contribution in [2.45, 2.75) is 26.4 Å². The lowest BCUT2D eigenvalue weighted by Gasteiger charge is -2.13. The van der Waals surface area contributed by atoms with Crippen LogP contribution >= 0.6 is 11.6 Å². The zero-order valence-corrected chi connectivity index (χ0v) is 14.3. The van der Waals surface area contributed by atoms with E-state index in [0.717, 1.165) is 18.6 Å². The van der Waals surface area contributed by atoms with Crippen LogP contribution in [0, 0.1) is 6.92 Å². The van der Waals surface area contributed by atoms with Crippen LogP contribution in [-0.4, -0.2) is 22.4 Å². The number of hydrogen-bond donors (Lipinski definition) is 2. The van der Waals surface area contributed by atoms with E-state index >= 15 is 0 Å². The van der Waals surface area contributed by atoms with Crippen LogP contribution in [0.2, 0.25) is 5.02 Å². The molecule has 0 aliphatic heterocycles. The second-order valence-electron chi connectivity index (χ2n) is 5.26. The highest BCUT2D eigenvalue weighted by molar-refractivity contribution is 6.31. The summed E-state index contributed by atoms with van der Waals surface area (Å²) in [6, 6.07) is 4.80. The maximum atomic E-state index is 12.9. The van der Waals surface area contributed by atoms with Crippen molar-refractivity contribution < 1.29 is 18.0 Å². The van der Waals surface area contributed by atoms with E-state index < -0.39 is 16.8 Å². The fourth-order valence-corrected chi connectivity index (χ4v) is 2.27. The number of amides is 1. The highest BCUT2D eigenvalue weighted by Crippen LogP contribution is 2.36. The molecule has 2 aromatic rings. The maximum absolute atomic E-state index is 12.9. The number of carbonyl (C=O) groups excluding carboxylic acids is 1. The smallest absolute Gasteiger partial charge is 0.351 e. The average molecular weight is 373 g/mol. The van der Waals surface area contributed by atoms with Crippen molar-refractivity contribution in [3.63, 3.8) is 0 Å². The minimum atomic E-state index is -4.57. The molecule has 0 aliphatic rings. The summed E-state index contributed by atoms with van der Waals surface area (Å²) in [6.07, 6.45) is -3.80. The lowest BCUT2D eigenvalue weighted by Crippen LogP contribution is -2.25. The number of hydrogen-bond acceptors (Lipinski definition) is 4. The Labute approximate surface area is 147 Å². The Morgan fingerprint density at radius 1 is 1.24 bits per heavy atom. The molecule has 0 fully saturated rings. The summed E-state index contributed by atoms with van der Waals surface area (Å²) in [7, 11) is 0. The second-order valence-corrected chi connectivity index (χ2v) is 5.67.